The average Bonchev–Trinajstić information content (AvgIpc) is 2.99. The number of aromatic amines is 1. The van der Waals surface area contributed by atoms with Gasteiger partial charge in [-0.25, -0.2) is 4.39 Å². The molecular weight excluding hydrogens is 405 g/mol. The molecule has 27 heavy (non-hydrogen) atoms. The van der Waals surface area contributed by atoms with Gasteiger partial charge in [-0.2, -0.15) is 0 Å². The topological polar surface area (TPSA) is 51.9 Å². The molecule has 0 amide bonds. The van der Waals surface area contributed by atoms with Crippen molar-refractivity contribution in [3.05, 3.63) is 73.4 Å². The number of H-pyrrole nitrogens is 1. The van der Waals surface area contributed by atoms with Gasteiger partial charge in [0.2, 0.25) is 0 Å². The van der Waals surface area contributed by atoms with Crippen LogP contribution in [0, 0.1) is 14.5 Å². The summed E-state index contributed by atoms with van der Waals surface area (Å²) < 4.78 is 22.7. The van der Waals surface area contributed by atoms with E-state index in [1.54, 1.807) is 11.7 Å². The first-order valence-corrected chi connectivity index (χ1v) is 9.44. The highest BCUT2D eigenvalue weighted by Crippen LogP contribution is 2.25. The lowest BCUT2D eigenvalue weighted by atomic mass is 10.3. The fraction of sp³-hybridized carbons (Fsp3) is 0.0556. The summed E-state index contributed by atoms with van der Waals surface area (Å²) in [5, 5.41) is 0. The lowest BCUT2D eigenvalue weighted by molar-refractivity contribution is 0.414. The molecule has 0 aliphatic heterocycles. The maximum Gasteiger partial charge on any atom is 0.278 e. The Hall–Kier alpha value is -2.62. The van der Waals surface area contributed by atoms with Crippen LogP contribution in [0.25, 0.3) is 21.7 Å². The summed E-state index contributed by atoms with van der Waals surface area (Å²) in [6.07, 6.45) is 0. The van der Waals surface area contributed by atoms with E-state index >= 15 is 0 Å². The number of hydrogen-bond donors (Lipinski definition) is 1. The van der Waals surface area contributed by atoms with Gasteiger partial charge in [0, 0.05) is 6.07 Å². The smallest absolute Gasteiger partial charge is 0.278 e. The van der Waals surface area contributed by atoms with Crippen LogP contribution in [0.5, 0.6) is 5.75 Å². The first-order valence-electron chi connectivity index (χ1n) is 7.81. The molecule has 0 saturated heterocycles. The number of hydrogen-bond acceptors (Lipinski definition) is 5. The van der Waals surface area contributed by atoms with Crippen LogP contribution in [-0.4, -0.2) is 21.2 Å². The van der Waals surface area contributed by atoms with Crippen molar-refractivity contribution in [2.75, 3.05) is 7.11 Å². The van der Waals surface area contributed by atoms with Crippen LogP contribution in [0.1, 0.15) is 0 Å². The largest absolute Gasteiger partial charge is 0.497 e. The van der Waals surface area contributed by atoms with E-state index in [0.29, 0.717) is 25.7 Å². The summed E-state index contributed by atoms with van der Waals surface area (Å²) in [6.45, 7) is 0. The van der Waals surface area contributed by atoms with Crippen LogP contribution in [0.2, 0.25) is 0 Å². The molecule has 0 aliphatic carbocycles. The van der Waals surface area contributed by atoms with E-state index in [-0.39, 0.29) is 16.1 Å². The summed E-state index contributed by atoms with van der Waals surface area (Å²) in [5.74, 6) is 0.287. The number of fused-ring (bicyclic) bond motifs is 1. The highest BCUT2D eigenvalue weighted by atomic mass is 32.1. The van der Waals surface area contributed by atoms with Crippen LogP contribution < -0.4 is 10.3 Å². The van der Waals surface area contributed by atoms with Crippen LogP contribution >= 0.6 is 35.8 Å². The molecule has 0 unspecified atom stereocenters. The molecule has 0 fully saturated rings. The number of nitrogens with zero attached hydrogens (tertiary/aromatic N) is 2. The third-order valence-corrected chi connectivity index (χ3v) is 5.68. The molecule has 5 nitrogen and oxygen atoms in total. The Balaban J connectivity index is 2.02. The molecule has 4 aromatic rings. The summed E-state index contributed by atoms with van der Waals surface area (Å²) in [5.41, 5.74) is 1.46. The first kappa shape index (κ1) is 17.8. The molecule has 0 saturated carbocycles. The normalized spacial score (nSPS) is 11.0. The van der Waals surface area contributed by atoms with Crippen molar-refractivity contribution in [1.29, 1.82) is 0 Å². The third kappa shape index (κ3) is 3.03. The lowest BCUT2D eigenvalue weighted by Crippen LogP contribution is -2.20. The molecule has 2 heterocycles. The van der Waals surface area contributed by atoms with Gasteiger partial charge in [-0.05, 0) is 60.8 Å². The number of thiazole rings is 1. The molecule has 0 spiro atoms. The maximum atomic E-state index is 13.2. The monoisotopic (exact) mass is 417 g/mol. The summed E-state index contributed by atoms with van der Waals surface area (Å²) in [7, 11) is 1.58. The van der Waals surface area contributed by atoms with Crippen molar-refractivity contribution in [3.8, 4) is 17.1 Å². The molecule has 0 bridgehead atoms. The van der Waals surface area contributed by atoms with Gasteiger partial charge in [0.05, 0.1) is 18.5 Å². The molecule has 4 rings (SSSR count). The Morgan fingerprint density at radius 1 is 1.07 bits per heavy atom. The van der Waals surface area contributed by atoms with Crippen LogP contribution in [0.3, 0.4) is 0 Å². The highest BCUT2D eigenvalue weighted by Gasteiger charge is 2.15. The second-order valence-electron chi connectivity index (χ2n) is 5.63. The number of methoxy groups -OCH3 is 1. The Kier molecular flexibility index (Phi) is 4.50. The van der Waals surface area contributed by atoms with Gasteiger partial charge >= 0.3 is 0 Å². The van der Waals surface area contributed by atoms with Gasteiger partial charge in [0.15, 0.2) is 8.73 Å². The van der Waals surface area contributed by atoms with Gasteiger partial charge < -0.3 is 9.72 Å². The van der Waals surface area contributed by atoms with Crippen LogP contribution in [0.4, 0.5) is 4.39 Å². The van der Waals surface area contributed by atoms with Crippen molar-refractivity contribution in [1.82, 2.24) is 14.1 Å². The minimum Gasteiger partial charge on any atom is -0.497 e. The summed E-state index contributed by atoms with van der Waals surface area (Å²) >= 11 is 12.1. The zero-order chi connectivity index (χ0) is 19.1. The van der Waals surface area contributed by atoms with E-state index in [1.807, 2.05) is 24.3 Å². The van der Waals surface area contributed by atoms with E-state index in [1.165, 1.54) is 40.2 Å². The number of ether oxygens (including phenoxy) is 1. The van der Waals surface area contributed by atoms with E-state index in [4.69, 9.17) is 29.2 Å². The Morgan fingerprint density at radius 2 is 1.81 bits per heavy atom. The lowest BCUT2D eigenvalue weighted by Gasteiger charge is -2.09. The Bertz CT molecular complexity index is 1330. The maximum absolute atomic E-state index is 13.2. The fourth-order valence-corrected chi connectivity index (χ4v) is 4.40. The van der Waals surface area contributed by atoms with Gasteiger partial charge in [-0.3, -0.25) is 13.9 Å². The SMILES string of the molecule is COc1cccc(-n2c(=S)sc3c(=O)n(-c4ccc(F)cc4)c(=S)[nH]c32)c1. The van der Waals surface area contributed by atoms with Crippen LogP contribution in [-0.2, 0) is 0 Å². The fourth-order valence-electron chi connectivity index (χ4n) is 2.79. The number of nitrogens with one attached hydrogen (secondary N) is 1. The van der Waals surface area contributed by atoms with Crippen molar-refractivity contribution in [2.45, 2.75) is 0 Å². The van der Waals surface area contributed by atoms with Crippen LogP contribution in [0.15, 0.2) is 53.3 Å². The Labute approximate surface area is 166 Å². The summed E-state index contributed by atoms with van der Waals surface area (Å²) in [4.78, 5) is 16.2. The predicted octanol–water partition coefficient (Wildman–Crippen LogP) is 4.78. The molecule has 0 aliphatic rings. The minimum atomic E-state index is -0.386. The van der Waals surface area contributed by atoms with E-state index < -0.39 is 0 Å². The number of rotatable bonds is 3. The summed E-state index contributed by atoms with van der Waals surface area (Å²) in [6, 6.07) is 12.9. The van der Waals surface area contributed by atoms with Crippen molar-refractivity contribution < 1.29 is 9.13 Å². The van der Waals surface area contributed by atoms with Gasteiger partial charge in [-0.1, -0.05) is 17.4 Å². The van der Waals surface area contributed by atoms with E-state index in [9.17, 15) is 9.18 Å². The first-order chi connectivity index (χ1) is 13.0. The highest BCUT2D eigenvalue weighted by molar-refractivity contribution is 7.73. The standard InChI is InChI=1S/C18H12FN3O2S3/c1-24-13-4-2-3-12(9-13)21-15-14(27-18(21)26)16(23)22(17(25)20-15)11-7-5-10(19)6-8-11/h2-9H,1H3,(H,20,25). The molecule has 1 N–H and O–H groups in total. The molecule has 9 heteroatoms. The zero-order valence-corrected chi connectivity index (χ0v) is 16.4. The van der Waals surface area contributed by atoms with Gasteiger partial charge in [-0.15, -0.1) is 0 Å². The van der Waals surface area contributed by atoms with E-state index in [0.717, 1.165) is 5.69 Å². The quantitative estimate of drug-likeness (QED) is 0.488. The molecule has 2 aromatic heterocycles. The number of benzene rings is 2. The number of halogens is 1. The minimum absolute atomic E-state index is 0.198. The Morgan fingerprint density at radius 3 is 2.52 bits per heavy atom. The zero-order valence-electron chi connectivity index (χ0n) is 13.9. The average molecular weight is 418 g/mol. The third-order valence-electron chi connectivity index (χ3n) is 4.03. The van der Waals surface area contributed by atoms with Gasteiger partial charge in [0.1, 0.15) is 21.9 Å². The molecule has 0 atom stereocenters. The van der Waals surface area contributed by atoms with Crippen molar-refractivity contribution in [2.24, 2.45) is 0 Å². The predicted molar refractivity (Wildman–Crippen MR) is 109 cm³/mol. The molecule has 136 valence electrons. The molecule has 0 radical (unpaired) electrons. The second kappa shape index (κ2) is 6.84. The number of aromatic nitrogens is 3. The van der Waals surface area contributed by atoms with Crippen molar-refractivity contribution in [3.63, 3.8) is 0 Å². The van der Waals surface area contributed by atoms with Crippen molar-refractivity contribution >= 4 is 46.1 Å². The van der Waals surface area contributed by atoms with E-state index in [2.05, 4.69) is 4.98 Å². The second-order valence-corrected chi connectivity index (χ2v) is 7.66. The molecular formula is C18H12FN3O2S3. The molecule has 2 aromatic carbocycles. The van der Waals surface area contributed by atoms with Gasteiger partial charge in [0.25, 0.3) is 5.56 Å².